The second-order valence-electron chi connectivity index (χ2n) is 6.85. The van der Waals surface area contributed by atoms with E-state index >= 15 is 0 Å². The van der Waals surface area contributed by atoms with Gasteiger partial charge >= 0.3 is 0 Å². The zero-order valence-electron chi connectivity index (χ0n) is 12.9. The Hall–Kier alpha value is -0.870. The molecule has 4 nitrogen and oxygen atoms in total. The first kappa shape index (κ1) is 14.1. The highest BCUT2D eigenvalue weighted by Crippen LogP contribution is 2.38. The van der Waals surface area contributed by atoms with Gasteiger partial charge in [-0.25, -0.2) is 0 Å². The van der Waals surface area contributed by atoms with Gasteiger partial charge in [0.25, 0.3) is 0 Å². The van der Waals surface area contributed by atoms with E-state index in [9.17, 15) is 5.11 Å². The number of aliphatic hydroxyl groups excluding tert-OH is 1. The molecule has 0 amide bonds. The fourth-order valence-corrected chi connectivity index (χ4v) is 3.62. The Morgan fingerprint density at radius 1 is 1.30 bits per heavy atom. The summed E-state index contributed by atoms with van der Waals surface area (Å²) in [4.78, 5) is 0. The molecular formula is C16H27N3O. The molecule has 2 saturated carbocycles. The Morgan fingerprint density at radius 3 is 2.60 bits per heavy atom. The Bertz CT molecular complexity index is 492. The maximum Gasteiger partial charge on any atom is 0.0625 e. The van der Waals surface area contributed by atoms with Crippen molar-refractivity contribution in [3.8, 4) is 0 Å². The summed E-state index contributed by atoms with van der Waals surface area (Å²) in [5, 5.41) is 18.4. The fourth-order valence-electron chi connectivity index (χ4n) is 3.62. The minimum absolute atomic E-state index is 0.0791. The molecule has 0 bridgehead atoms. The molecular weight excluding hydrogens is 250 g/mol. The van der Waals surface area contributed by atoms with Gasteiger partial charge < -0.3 is 10.4 Å². The van der Waals surface area contributed by atoms with E-state index in [0.29, 0.717) is 12.1 Å². The van der Waals surface area contributed by atoms with Gasteiger partial charge in [0.1, 0.15) is 0 Å². The van der Waals surface area contributed by atoms with Crippen LogP contribution in [0, 0.1) is 20.8 Å². The quantitative estimate of drug-likeness (QED) is 0.888. The van der Waals surface area contributed by atoms with Crippen molar-refractivity contribution in [1.29, 1.82) is 0 Å². The molecule has 2 aliphatic carbocycles. The van der Waals surface area contributed by atoms with Crippen molar-refractivity contribution < 1.29 is 5.11 Å². The van der Waals surface area contributed by atoms with Crippen LogP contribution in [-0.2, 0) is 0 Å². The molecule has 4 heteroatoms. The van der Waals surface area contributed by atoms with Crippen LogP contribution in [0.25, 0.3) is 0 Å². The second kappa shape index (κ2) is 5.15. The summed E-state index contributed by atoms with van der Waals surface area (Å²) in [7, 11) is 0. The molecule has 2 atom stereocenters. The van der Waals surface area contributed by atoms with Crippen LogP contribution in [0.3, 0.4) is 0 Å². The number of nitrogens with one attached hydrogen (secondary N) is 1. The lowest BCUT2D eigenvalue weighted by atomic mass is 9.79. The zero-order chi connectivity index (χ0) is 14.3. The summed E-state index contributed by atoms with van der Waals surface area (Å²) >= 11 is 0. The molecule has 0 aliphatic heterocycles. The van der Waals surface area contributed by atoms with Crippen LogP contribution in [0.5, 0.6) is 0 Å². The van der Waals surface area contributed by atoms with Crippen molar-refractivity contribution in [2.24, 2.45) is 0 Å². The van der Waals surface area contributed by atoms with Gasteiger partial charge in [-0.05, 0) is 64.9 Å². The van der Waals surface area contributed by atoms with Crippen molar-refractivity contribution >= 4 is 0 Å². The SMILES string of the molecule is Cc1nn(C2CCCC(CO)(NC3CC3)C2)c(C)c1C. The normalized spacial score (nSPS) is 30.7. The maximum atomic E-state index is 9.92. The summed E-state index contributed by atoms with van der Waals surface area (Å²) < 4.78 is 2.21. The Balaban J connectivity index is 1.81. The first-order chi connectivity index (χ1) is 9.54. The molecule has 0 radical (unpaired) electrons. The Morgan fingerprint density at radius 2 is 2.05 bits per heavy atom. The lowest BCUT2D eigenvalue weighted by Crippen LogP contribution is -2.53. The topological polar surface area (TPSA) is 50.1 Å². The number of aliphatic hydroxyl groups is 1. The average Bonchev–Trinajstić information content (AvgIpc) is 3.22. The molecule has 2 aliphatic rings. The van der Waals surface area contributed by atoms with E-state index in [0.717, 1.165) is 18.5 Å². The van der Waals surface area contributed by atoms with Gasteiger partial charge in [0.05, 0.1) is 18.3 Å². The summed E-state index contributed by atoms with van der Waals surface area (Å²) in [5.41, 5.74) is 3.65. The second-order valence-corrected chi connectivity index (χ2v) is 6.85. The van der Waals surface area contributed by atoms with E-state index in [-0.39, 0.29) is 12.1 Å². The van der Waals surface area contributed by atoms with E-state index in [4.69, 9.17) is 5.10 Å². The molecule has 1 aromatic heterocycles. The summed E-state index contributed by atoms with van der Waals surface area (Å²) in [6.07, 6.45) is 6.98. The van der Waals surface area contributed by atoms with E-state index in [1.165, 1.54) is 36.9 Å². The van der Waals surface area contributed by atoms with Gasteiger partial charge in [-0.3, -0.25) is 4.68 Å². The first-order valence-corrected chi connectivity index (χ1v) is 7.95. The molecule has 0 aromatic carbocycles. The van der Waals surface area contributed by atoms with Crippen molar-refractivity contribution in [2.75, 3.05) is 6.61 Å². The van der Waals surface area contributed by atoms with Gasteiger partial charge in [0.15, 0.2) is 0 Å². The minimum Gasteiger partial charge on any atom is -0.394 e. The van der Waals surface area contributed by atoms with Crippen LogP contribution in [-0.4, -0.2) is 33.1 Å². The third-order valence-electron chi connectivity index (χ3n) is 5.24. The van der Waals surface area contributed by atoms with Crippen molar-refractivity contribution in [3.63, 3.8) is 0 Å². The zero-order valence-corrected chi connectivity index (χ0v) is 12.9. The van der Waals surface area contributed by atoms with Crippen LogP contribution in [0.1, 0.15) is 61.5 Å². The molecule has 0 saturated heterocycles. The van der Waals surface area contributed by atoms with Crippen molar-refractivity contribution in [3.05, 3.63) is 17.0 Å². The highest BCUT2D eigenvalue weighted by atomic mass is 16.3. The van der Waals surface area contributed by atoms with Gasteiger partial charge in [-0.15, -0.1) is 0 Å². The van der Waals surface area contributed by atoms with Crippen LogP contribution in [0.4, 0.5) is 0 Å². The standard InChI is InChI=1S/C16H27N3O/c1-11-12(2)18-19(13(11)3)15-5-4-8-16(9-15,10-20)17-14-6-7-14/h14-15,17,20H,4-10H2,1-3H3. The molecule has 2 unspecified atom stereocenters. The predicted octanol–water partition coefficient (Wildman–Crippen LogP) is 2.41. The lowest BCUT2D eigenvalue weighted by Gasteiger charge is -2.41. The summed E-state index contributed by atoms with van der Waals surface area (Å²) in [5.74, 6) is 0. The molecule has 2 N–H and O–H groups in total. The maximum absolute atomic E-state index is 9.92. The van der Waals surface area contributed by atoms with E-state index in [2.05, 4.69) is 30.8 Å². The van der Waals surface area contributed by atoms with E-state index in [1.807, 2.05) is 0 Å². The Kier molecular flexibility index (Phi) is 3.63. The highest BCUT2D eigenvalue weighted by molar-refractivity contribution is 5.23. The lowest BCUT2D eigenvalue weighted by molar-refractivity contribution is 0.0921. The molecule has 20 heavy (non-hydrogen) atoms. The largest absolute Gasteiger partial charge is 0.394 e. The number of hydrogen-bond donors (Lipinski definition) is 2. The molecule has 3 rings (SSSR count). The number of aryl methyl sites for hydroxylation is 1. The Labute approximate surface area is 121 Å². The van der Waals surface area contributed by atoms with E-state index < -0.39 is 0 Å². The summed E-state index contributed by atoms with van der Waals surface area (Å²) in [6.45, 7) is 6.65. The molecule has 1 heterocycles. The van der Waals surface area contributed by atoms with Gasteiger partial charge in [-0.2, -0.15) is 5.10 Å². The average molecular weight is 277 g/mol. The number of rotatable bonds is 4. The first-order valence-electron chi connectivity index (χ1n) is 7.95. The van der Waals surface area contributed by atoms with Crippen LogP contribution in [0.2, 0.25) is 0 Å². The smallest absolute Gasteiger partial charge is 0.0625 e. The third kappa shape index (κ3) is 2.51. The number of hydrogen-bond acceptors (Lipinski definition) is 3. The highest BCUT2D eigenvalue weighted by Gasteiger charge is 2.40. The van der Waals surface area contributed by atoms with Crippen LogP contribution >= 0.6 is 0 Å². The van der Waals surface area contributed by atoms with Crippen LogP contribution < -0.4 is 5.32 Å². The molecule has 2 fully saturated rings. The molecule has 112 valence electrons. The van der Waals surface area contributed by atoms with Crippen LogP contribution in [0.15, 0.2) is 0 Å². The van der Waals surface area contributed by atoms with Gasteiger partial charge in [0.2, 0.25) is 0 Å². The minimum atomic E-state index is -0.0791. The van der Waals surface area contributed by atoms with Gasteiger partial charge in [-0.1, -0.05) is 0 Å². The van der Waals surface area contributed by atoms with Crippen molar-refractivity contribution in [1.82, 2.24) is 15.1 Å². The molecule has 1 aromatic rings. The number of nitrogens with zero attached hydrogens (tertiary/aromatic N) is 2. The predicted molar refractivity (Wildman–Crippen MR) is 79.9 cm³/mol. The number of aromatic nitrogens is 2. The van der Waals surface area contributed by atoms with Gasteiger partial charge in [0, 0.05) is 17.3 Å². The summed E-state index contributed by atoms with van der Waals surface area (Å²) in [6, 6.07) is 1.07. The van der Waals surface area contributed by atoms with E-state index in [1.54, 1.807) is 0 Å². The fraction of sp³-hybridized carbons (Fsp3) is 0.812. The third-order valence-corrected chi connectivity index (χ3v) is 5.24. The monoisotopic (exact) mass is 277 g/mol. The van der Waals surface area contributed by atoms with Crippen molar-refractivity contribution in [2.45, 2.75) is 76.9 Å². The molecule has 0 spiro atoms.